The second-order valence-electron chi connectivity index (χ2n) is 7.56. The molecule has 29 heavy (non-hydrogen) atoms. The zero-order valence-electron chi connectivity index (χ0n) is 16.5. The molecule has 2 atom stereocenters. The van der Waals surface area contributed by atoms with Crippen LogP contribution >= 0.6 is 6.19 Å². The number of nitrogens with zero attached hydrogens (tertiary/aromatic N) is 1. The Morgan fingerprint density at radius 3 is 1.86 bits per heavy atom. The minimum absolute atomic E-state index is 0.263. The molecule has 0 unspecified atom stereocenters. The first-order chi connectivity index (χ1) is 14.3. The minimum Gasteiger partial charge on any atom is -0.288 e. The Balaban J connectivity index is 1.63. The Morgan fingerprint density at radius 2 is 1.28 bits per heavy atom. The van der Waals surface area contributed by atoms with E-state index < -0.39 is 6.19 Å². The Kier molecular flexibility index (Phi) is 6.71. The van der Waals surface area contributed by atoms with E-state index in [1.807, 2.05) is 12.3 Å². The molecule has 0 saturated heterocycles. The van der Waals surface area contributed by atoms with Gasteiger partial charge in [0.05, 0.1) is 12.2 Å². The van der Waals surface area contributed by atoms with Gasteiger partial charge in [-0.25, -0.2) is 0 Å². The van der Waals surface area contributed by atoms with Crippen LogP contribution in [0.2, 0.25) is 0 Å². The quantitative estimate of drug-likeness (QED) is 0.447. The third kappa shape index (κ3) is 4.93. The minimum atomic E-state index is -2.12. The summed E-state index contributed by atoms with van der Waals surface area (Å²) in [4.78, 5) is 4.99. The fourth-order valence-electron chi connectivity index (χ4n) is 3.97. The van der Waals surface area contributed by atoms with Crippen LogP contribution in [0, 0.1) is 0 Å². The monoisotopic (exact) mass is 418 g/mol. The molecule has 1 fully saturated rings. The Morgan fingerprint density at radius 1 is 0.759 bits per heavy atom. The molecule has 4 rings (SSSR count). The van der Waals surface area contributed by atoms with Gasteiger partial charge < -0.3 is 0 Å². The average Bonchev–Trinajstić information content (AvgIpc) is 2.80. The summed E-state index contributed by atoms with van der Waals surface area (Å²) < 4.78 is 0. The molecule has 3 aromatic rings. The lowest BCUT2D eigenvalue weighted by Gasteiger charge is -2.35. The third-order valence-corrected chi connectivity index (χ3v) is 9.86. The van der Waals surface area contributed by atoms with Crippen molar-refractivity contribution in [3.05, 3.63) is 96.6 Å². The highest BCUT2D eigenvalue weighted by atomic mass is 32.4. The standard InChI is InChI=1S/C25H27N2PS/c29-28(22-14-6-2-7-15-22,23-16-8-3-9-17-23)27-25-19-11-10-18-24(25)26-20-21-12-4-1-5-13-21/h1-9,12-17,20,24-25H,10-11,18-19H2,(H,27,29)/t24-,25-/m1/s1. The maximum absolute atomic E-state index is 6.39. The van der Waals surface area contributed by atoms with Crippen molar-refractivity contribution in [3.63, 3.8) is 0 Å². The van der Waals surface area contributed by atoms with Crippen molar-refractivity contribution in [1.29, 1.82) is 0 Å². The van der Waals surface area contributed by atoms with Gasteiger partial charge in [0, 0.05) is 22.9 Å². The second kappa shape index (κ2) is 9.63. The second-order valence-corrected chi connectivity index (χ2v) is 11.7. The molecule has 0 radical (unpaired) electrons. The normalized spacial score (nSPS) is 20.0. The molecule has 4 heteroatoms. The van der Waals surface area contributed by atoms with E-state index in [4.69, 9.17) is 16.8 Å². The molecular weight excluding hydrogens is 391 g/mol. The smallest absolute Gasteiger partial charge is 0.0687 e. The molecule has 3 aromatic carbocycles. The lowest BCUT2D eigenvalue weighted by Crippen LogP contribution is -2.43. The molecule has 1 aliphatic carbocycles. The van der Waals surface area contributed by atoms with Gasteiger partial charge >= 0.3 is 0 Å². The molecule has 0 amide bonds. The number of rotatable bonds is 6. The van der Waals surface area contributed by atoms with E-state index in [1.54, 1.807) is 0 Å². The first-order valence-electron chi connectivity index (χ1n) is 10.3. The van der Waals surface area contributed by atoms with E-state index in [9.17, 15) is 0 Å². The van der Waals surface area contributed by atoms with Crippen molar-refractivity contribution < 1.29 is 0 Å². The molecule has 0 aromatic heterocycles. The molecule has 0 heterocycles. The van der Waals surface area contributed by atoms with Crippen molar-refractivity contribution >= 4 is 34.8 Å². The summed E-state index contributed by atoms with van der Waals surface area (Å²) in [7, 11) is 0. The third-order valence-electron chi connectivity index (χ3n) is 5.53. The maximum atomic E-state index is 6.39. The van der Waals surface area contributed by atoms with Gasteiger partial charge in [0.1, 0.15) is 0 Å². The fourth-order valence-corrected chi connectivity index (χ4v) is 7.65. The van der Waals surface area contributed by atoms with E-state index in [0.29, 0.717) is 6.04 Å². The Bertz CT molecular complexity index is 930. The van der Waals surface area contributed by atoms with Crippen LogP contribution in [-0.2, 0) is 11.8 Å². The summed E-state index contributed by atoms with van der Waals surface area (Å²) in [6.45, 7) is 0. The highest BCUT2D eigenvalue weighted by Gasteiger charge is 2.31. The molecule has 2 nitrogen and oxygen atoms in total. The number of aliphatic imine (C=N–C) groups is 1. The molecule has 0 spiro atoms. The highest BCUT2D eigenvalue weighted by Crippen LogP contribution is 2.41. The summed E-state index contributed by atoms with van der Waals surface area (Å²) in [6, 6.07) is 32.1. The van der Waals surface area contributed by atoms with Crippen LogP contribution in [0.25, 0.3) is 0 Å². The van der Waals surface area contributed by atoms with Crippen LogP contribution in [0.5, 0.6) is 0 Å². The predicted molar refractivity (Wildman–Crippen MR) is 130 cm³/mol. The van der Waals surface area contributed by atoms with Crippen LogP contribution in [0.4, 0.5) is 0 Å². The Hall–Kier alpha value is -2.06. The molecule has 0 bridgehead atoms. The first-order valence-corrected chi connectivity index (χ1v) is 13.1. The van der Waals surface area contributed by atoms with Crippen molar-refractivity contribution in [2.75, 3.05) is 0 Å². The van der Waals surface area contributed by atoms with Gasteiger partial charge in [-0.05, 0) is 18.4 Å². The van der Waals surface area contributed by atoms with Crippen LogP contribution in [0.3, 0.4) is 0 Å². The summed E-state index contributed by atoms with van der Waals surface area (Å²) in [6.07, 6.45) is 4.60. The summed E-state index contributed by atoms with van der Waals surface area (Å²) in [5.74, 6) is 0. The molecule has 1 N–H and O–H groups in total. The zero-order chi connectivity index (χ0) is 19.9. The van der Waals surface area contributed by atoms with Gasteiger partial charge in [-0.15, -0.1) is 0 Å². The van der Waals surface area contributed by atoms with E-state index in [0.717, 1.165) is 18.4 Å². The number of nitrogens with one attached hydrogen (secondary N) is 1. The SMILES string of the molecule is S=P(N[C@@H]1CCCC[C@H]1N=Cc1ccccc1)(c1ccccc1)c1ccccc1. The van der Waals surface area contributed by atoms with E-state index in [2.05, 4.69) is 90.0 Å². The van der Waals surface area contributed by atoms with Gasteiger partial charge in [-0.3, -0.25) is 10.1 Å². The van der Waals surface area contributed by atoms with Gasteiger partial charge in [-0.2, -0.15) is 0 Å². The summed E-state index contributed by atoms with van der Waals surface area (Å²) >= 11 is 6.39. The highest BCUT2D eigenvalue weighted by molar-refractivity contribution is 8.20. The number of benzene rings is 3. The Labute approximate surface area is 179 Å². The lowest BCUT2D eigenvalue weighted by molar-refractivity contribution is 0.370. The number of hydrogen-bond donors (Lipinski definition) is 1. The van der Waals surface area contributed by atoms with Crippen molar-refractivity contribution in [2.45, 2.75) is 37.8 Å². The molecule has 0 aliphatic heterocycles. The summed E-state index contributed by atoms with van der Waals surface area (Å²) in [5.41, 5.74) is 1.15. The van der Waals surface area contributed by atoms with Crippen molar-refractivity contribution in [1.82, 2.24) is 5.09 Å². The van der Waals surface area contributed by atoms with E-state index in [1.165, 1.54) is 23.5 Å². The number of hydrogen-bond acceptors (Lipinski definition) is 2. The molecular formula is C25H27N2PS. The fraction of sp³-hybridized carbons (Fsp3) is 0.240. The van der Waals surface area contributed by atoms with Crippen LogP contribution < -0.4 is 15.7 Å². The topological polar surface area (TPSA) is 24.4 Å². The molecule has 148 valence electrons. The van der Waals surface area contributed by atoms with Crippen molar-refractivity contribution in [3.8, 4) is 0 Å². The van der Waals surface area contributed by atoms with Gasteiger partial charge in [0.25, 0.3) is 0 Å². The van der Waals surface area contributed by atoms with Crippen LogP contribution in [-0.4, -0.2) is 18.3 Å². The van der Waals surface area contributed by atoms with E-state index >= 15 is 0 Å². The summed E-state index contributed by atoms with van der Waals surface area (Å²) in [5, 5.41) is 6.40. The van der Waals surface area contributed by atoms with Gasteiger partial charge in [-0.1, -0.05) is 116 Å². The largest absolute Gasteiger partial charge is 0.288 e. The van der Waals surface area contributed by atoms with Gasteiger partial charge in [0.15, 0.2) is 0 Å². The van der Waals surface area contributed by atoms with Crippen molar-refractivity contribution in [2.24, 2.45) is 4.99 Å². The average molecular weight is 419 g/mol. The van der Waals surface area contributed by atoms with E-state index in [-0.39, 0.29) is 6.04 Å². The van der Waals surface area contributed by atoms with Crippen LogP contribution in [0.15, 0.2) is 96.0 Å². The maximum Gasteiger partial charge on any atom is 0.0687 e. The van der Waals surface area contributed by atoms with Gasteiger partial charge in [0.2, 0.25) is 0 Å². The molecule has 1 saturated carbocycles. The first kappa shape index (κ1) is 20.2. The molecule has 1 aliphatic rings. The van der Waals surface area contributed by atoms with Crippen LogP contribution in [0.1, 0.15) is 31.2 Å². The lowest BCUT2D eigenvalue weighted by atomic mass is 9.91. The predicted octanol–water partition coefficient (Wildman–Crippen LogP) is 5.05. The zero-order valence-corrected chi connectivity index (χ0v) is 18.2.